The van der Waals surface area contributed by atoms with Gasteiger partial charge in [-0.05, 0) is 37.3 Å². The zero-order chi connectivity index (χ0) is 14.5. The topological polar surface area (TPSA) is 64.3 Å². The number of carbonyl (C=O) groups excluding carboxylic acids is 1. The van der Waals surface area contributed by atoms with Gasteiger partial charge >= 0.3 is 0 Å². The van der Waals surface area contributed by atoms with Gasteiger partial charge in [-0.25, -0.2) is 4.39 Å². The van der Waals surface area contributed by atoms with Crippen LogP contribution >= 0.6 is 0 Å². The van der Waals surface area contributed by atoms with E-state index in [2.05, 4.69) is 5.32 Å². The molecule has 0 unspecified atom stereocenters. The first kappa shape index (κ1) is 13.9. The number of hydrogen-bond acceptors (Lipinski definition) is 3. The Bertz CT molecular complexity index is 629. The van der Waals surface area contributed by atoms with Gasteiger partial charge in [-0.15, -0.1) is 0 Å². The van der Waals surface area contributed by atoms with Crippen LogP contribution in [0.15, 0.2) is 42.5 Å². The number of nitrogen functional groups attached to an aromatic ring is 1. The van der Waals surface area contributed by atoms with Crippen LogP contribution in [0.4, 0.5) is 15.8 Å². The van der Waals surface area contributed by atoms with Crippen LogP contribution in [0.1, 0.15) is 17.3 Å². The van der Waals surface area contributed by atoms with Gasteiger partial charge in [0.05, 0.1) is 17.9 Å². The van der Waals surface area contributed by atoms with Crippen molar-refractivity contribution in [3.63, 3.8) is 0 Å². The standard InChI is InChI=1S/C15H15FN2O2/c1-2-20-14-6-4-3-5-13(14)18-15(19)11-8-7-10(17)9-12(11)16/h3-9H,2,17H2,1H3,(H,18,19). The lowest BCUT2D eigenvalue weighted by Crippen LogP contribution is -2.14. The summed E-state index contributed by atoms with van der Waals surface area (Å²) in [5.41, 5.74) is 6.16. The van der Waals surface area contributed by atoms with Gasteiger partial charge in [-0.2, -0.15) is 0 Å². The number of para-hydroxylation sites is 2. The molecule has 5 heteroatoms. The number of nitrogens with two attached hydrogens (primary N) is 1. The quantitative estimate of drug-likeness (QED) is 0.842. The molecule has 0 aliphatic carbocycles. The van der Waals surface area contributed by atoms with Crippen molar-refractivity contribution in [1.29, 1.82) is 0 Å². The summed E-state index contributed by atoms with van der Waals surface area (Å²) in [5.74, 6) is -0.662. The van der Waals surface area contributed by atoms with Crippen LogP contribution in [-0.2, 0) is 0 Å². The summed E-state index contributed by atoms with van der Waals surface area (Å²) < 4.78 is 19.1. The molecule has 104 valence electrons. The third-order valence-electron chi connectivity index (χ3n) is 2.67. The zero-order valence-electron chi connectivity index (χ0n) is 11.0. The number of rotatable bonds is 4. The van der Waals surface area contributed by atoms with Crippen LogP contribution in [0.25, 0.3) is 0 Å². The molecule has 0 radical (unpaired) electrons. The Morgan fingerprint density at radius 2 is 2.05 bits per heavy atom. The maximum Gasteiger partial charge on any atom is 0.258 e. The maximum absolute atomic E-state index is 13.7. The molecule has 0 atom stereocenters. The van der Waals surface area contributed by atoms with Crippen LogP contribution < -0.4 is 15.8 Å². The summed E-state index contributed by atoms with van der Waals surface area (Å²) in [6.45, 7) is 2.32. The van der Waals surface area contributed by atoms with E-state index >= 15 is 0 Å². The first-order chi connectivity index (χ1) is 9.61. The lowest BCUT2D eigenvalue weighted by molar-refractivity contribution is 0.102. The molecule has 1 amide bonds. The van der Waals surface area contributed by atoms with Crippen LogP contribution in [0.5, 0.6) is 5.75 Å². The SMILES string of the molecule is CCOc1ccccc1NC(=O)c1ccc(N)cc1F. The minimum atomic E-state index is -0.656. The van der Waals surface area contributed by atoms with Gasteiger partial charge in [-0.1, -0.05) is 12.1 Å². The van der Waals surface area contributed by atoms with E-state index < -0.39 is 11.7 Å². The van der Waals surface area contributed by atoms with Crippen LogP contribution in [-0.4, -0.2) is 12.5 Å². The van der Waals surface area contributed by atoms with Gasteiger partial charge in [0.2, 0.25) is 0 Å². The highest BCUT2D eigenvalue weighted by atomic mass is 19.1. The summed E-state index contributed by atoms with van der Waals surface area (Å²) in [5, 5.41) is 2.63. The molecule has 4 nitrogen and oxygen atoms in total. The van der Waals surface area contributed by atoms with Crippen molar-refractivity contribution in [2.75, 3.05) is 17.7 Å². The van der Waals surface area contributed by atoms with Crippen molar-refractivity contribution >= 4 is 17.3 Å². The largest absolute Gasteiger partial charge is 0.492 e. The molecule has 2 aromatic rings. The molecule has 0 heterocycles. The molecule has 0 saturated carbocycles. The normalized spacial score (nSPS) is 10.1. The molecular formula is C15H15FN2O2. The van der Waals surface area contributed by atoms with E-state index in [0.717, 1.165) is 6.07 Å². The van der Waals surface area contributed by atoms with Crippen molar-refractivity contribution in [3.8, 4) is 5.75 Å². The maximum atomic E-state index is 13.7. The van der Waals surface area contributed by atoms with Crippen molar-refractivity contribution in [2.45, 2.75) is 6.92 Å². The smallest absolute Gasteiger partial charge is 0.258 e. The average molecular weight is 274 g/mol. The molecule has 0 saturated heterocycles. The van der Waals surface area contributed by atoms with E-state index in [1.807, 2.05) is 6.92 Å². The average Bonchev–Trinajstić information content (AvgIpc) is 2.41. The summed E-state index contributed by atoms with van der Waals surface area (Å²) in [6, 6.07) is 10.9. The first-order valence-electron chi connectivity index (χ1n) is 6.20. The van der Waals surface area contributed by atoms with Crippen molar-refractivity contribution in [3.05, 3.63) is 53.8 Å². The Balaban J connectivity index is 2.23. The highest BCUT2D eigenvalue weighted by Crippen LogP contribution is 2.24. The van der Waals surface area contributed by atoms with Gasteiger partial charge in [0, 0.05) is 5.69 Å². The van der Waals surface area contributed by atoms with E-state index in [0.29, 0.717) is 18.0 Å². The van der Waals surface area contributed by atoms with Crippen LogP contribution in [0, 0.1) is 5.82 Å². The molecule has 0 aliphatic rings. The number of benzene rings is 2. The third-order valence-corrected chi connectivity index (χ3v) is 2.67. The van der Waals surface area contributed by atoms with E-state index in [-0.39, 0.29) is 11.3 Å². The second-order valence-corrected chi connectivity index (χ2v) is 4.12. The molecule has 2 rings (SSSR count). The van der Waals surface area contributed by atoms with Crippen LogP contribution in [0.2, 0.25) is 0 Å². The molecule has 0 spiro atoms. The number of anilines is 2. The number of halogens is 1. The predicted molar refractivity (Wildman–Crippen MR) is 76.4 cm³/mol. The second kappa shape index (κ2) is 6.06. The van der Waals surface area contributed by atoms with E-state index in [1.165, 1.54) is 12.1 Å². The fraction of sp³-hybridized carbons (Fsp3) is 0.133. The van der Waals surface area contributed by atoms with E-state index in [1.54, 1.807) is 24.3 Å². The number of hydrogen-bond donors (Lipinski definition) is 2. The molecule has 0 aromatic heterocycles. The monoisotopic (exact) mass is 274 g/mol. The number of amides is 1. The third kappa shape index (κ3) is 3.06. The Hall–Kier alpha value is -2.56. The summed E-state index contributed by atoms with van der Waals surface area (Å²) in [4.78, 5) is 12.1. The first-order valence-corrected chi connectivity index (χ1v) is 6.20. The number of nitrogens with one attached hydrogen (secondary N) is 1. The second-order valence-electron chi connectivity index (χ2n) is 4.12. The molecular weight excluding hydrogens is 259 g/mol. The Kier molecular flexibility index (Phi) is 4.20. The molecule has 0 fully saturated rings. The Morgan fingerprint density at radius 1 is 1.30 bits per heavy atom. The fourth-order valence-electron chi connectivity index (χ4n) is 1.76. The summed E-state index contributed by atoms with van der Waals surface area (Å²) in [6.07, 6.45) is 0. The lowest BCUT2D eigenvalue weighted by Gasteiger charge is -2.11. The highest BCUT2D eigenvalue weighted by Gasteiger charge is 2.13. The van der Waals surface area contributed by atoms with Crippen LogP contribution in [0.3, 0.4) is 0 Å². The van der Waals surface area contributed by atoms with E-state index in [4.69, 9.17) is 10.5 Å². The minimum absolute atomic E-state index is 0.0644. The Labute approximate surface area is 116 Å². The lowest BCUT2D eigenvalue weighted by atomic mass is 10.1. The van der Waals surface area contributed by atoms with Gasteiger partial charge < -0.3 is 15.8 Å². The molecule has 0 aliphatic heterocycles. The van der Waals surface area contributed by atoms with Gasteiger partial charge in [0.1, 0.15) is 11.6 Å². The minimum Gasteiger partial charge on any atom is -0.492 e. The predicted octanol–water partition coefficient (Wildman–Crippen LogP) is 3.06. The fourth-order valence-corrected chi connectivity index (χ4v) is 1.76. The number of carbonyl (C=O) groups is 1. The molecule has 20 heavy (non-hydrogen) atoms. The van der Waals surface area contributed by atoms with Gasteiger partial charge in [0.25, 0.3) is 5.91 Å². The van der Waals surface area contributed by atoms with Gasteiger partial charge in [-0.3, -0.25) is 4.79 Å². The number of ether oxygens (including phenoxy) is 1. The van der Waals surface area contributed by atoms with Crippen molar-refractivity contribution in [1.82, 2.24) is 0 Å². The summed E-state index contributed by atoms with van der Waals surface area (Å²) in [7, 11) is 0. The Morgan fingerprint density at radius 3 is 2.75 bits per heavy atom. The zero-order valence-corrected chi connectivity index (χ0v) is 11.0. The van der Waals surface area contributed by atoms with Gasteiger partial charge in [0.15, 0.2) is 0 Å². The molecule has 2 aromatic carbocycles. The molecule has 3 N–H and O–H groups in total. The summed E-state index contributed by atoms with van der Waals surface area (Å²) >= 11 is 0. The highest BCUT2D eigenvalue weighted by molar-refractivity contribution is 6.05. The van der Waals surface area contributed by atoms with Crippen molar-refractivity contribution in [2.24, 2.45) is 0 Å². The molecule has 0 bridgehead atoms. The van der Waals surface area contributed by atoms with E-state index in [9.17, 15) is 9.18 Å². The van der Waals surface area contributed by atoms with Crippen molar-refractivity contribution < 1.29 is 13.9 Å².